The molecule has 0 amide bonds. The van der Waals surface area contributed by atoms with Gasteiger partial charge in [-0.05, 0) is 19.3 Å². The van der Waals surface area contributed by atoms with Crippen LogP contribution < -0.4 is 17.2 Å². The van der Waals surface area contributed by atoms with Crippen LogP contribution in [0.25, 0.3) is 0 Å². The highest BCUT2D eigenvalue weighted by Crippen LogP contribution is 2.20. The summed E-state index contributed by atoms with van der Waals surface area (Å²) in [5, 5.41) is 9.43. The molecular weight excluding hydrogens is 352 g/mol. The van der Waals surface area contributed by atoms with Crippen molar-refractivity contribution < 1.29 is 9.90 Å². The number of hydrogen-bond donors (Lipinski definition) is 4. The van der Waals surface area contributed by atoms with Crippen LogP contribution in [0.4, 0.5) is 0 Å². The first-order chi connectivity index (χ1) is 13.4. The first kappa shape index (κ1) is 26.7. The molecule has 0 aromatic heterocycles. The molecule has 0 unspecified atom stereocenters. The zero-order valence-electron chi connectivity index (χ0n) is 18.3. The monoisotopic (exact) mass is 398 g/mol. The molecule has 0 aromatic carbocycles. The van der Waals surface area contributed by atoms with Crippen molar-refractivity contribution in [3.8, 4) is 0 Å². The third-order valence-electron chi connectivity index (χ3n) is 5.48. The molecule has 7 N–H and O–H groups in total. The molecule has 0 aliphatic rings. The summed E-state index contributed by atoms with van der Waals surface area (Å²) in [6.45, 7) is 2.68. The Balaban J connectivity index is 3.60. The number of aliphatic imine (C=N–C) groups is 1. The fourth-order valence-electron chi connectivity index (χ4n) is 3.58. The van der Waals surface area contributed by atoms with Crippen LogP contribution in [0.15, 0.2) is 4.99 Å². The van der Waals surface area contributed by atoms with Gasteiger partial charge in [0.25, 0.3) is 0 Å². The second kappa shape index (κ2) is 17.8. The van der Waals surface area contributed by atoms with E-state index in [1.807, 2.05) is 0 Å². The van der Waals surface area contributed by atoms with Gasteiger partial charge in [-0.1, -0.05) is 96.8 Å². The van der Waals surface area contributed by atoms with Crippen LogP contribution in [-0.2, 0) is 4.79 Å². The number of carboxylic acid groups (broad SMARTS) is 1. The van der Waals surface area contributed by atoms with Crippen LogP contribution in [0, 0.1) is 0 Å². The van der Waals surface area contributed by atoms with Gasteiger partial charge in [-0.25, -0.2) is 0 Å². The van der Waals surface area contributed by atoms with Crippen molar-refractivity contribution in [3.05, 3.63) is 0 Å². The molecule has 6 nitrogen and oxygen atoms in total. The van der Waals surface area contributed by atoms with E-state index < -0.39 is 11.5 Å². The summed E-state index contributed by atoms with van der Waals surface area (Å²) in [6.07, 6.45) is 19.5. The fraction of sp³-hybridized carbons (Fsp3) is 0.909. The summed E-state index contributed by atoms with van der Waals surface area (Å²) >= 11 is 0. The van der Waals surface area contributed by atoms with Gasteiger partial charge < -0.3 is 22.3 Å². The number of hydrogen-bond acceptors (Lipinski definition) is 3. The summed E-state index contributed by atoms with van der Waals surface area (Å²) in [7, 11) is 0. The molecule has 28 heavy (non-hydrogen) atoms. The van der Waals surface area contributed by atoms with Gasteiger partial charge in [0.2, 0.25) is 0 Å². The molecule has 0 aliphatic heterocycles. The Morgan fingerprint density at radius 2 is 1.14 bits per heavy atom. The average Bonchev–Trinajstić information content (AvgIpc) is 2.65. The molecule has 0 spiro atoms. The molecule has 0 saturated carbocycles. The molecule has 0 saturated heterocycles. The van der Waals surface area contributed by atoms with Gasteiger partial charge >= 0.3 is 5.97 Å². The van der Waals surface area contributed by atoms with Gasteiger partial charge in [0.15, 0.2) is 5.96 Å². The second-order valence-corrected chi connectivity index (χ2v) is 8.22. The van der Waals surface area contributed by atoms with Crippen molar-refractivity contribution in [2.24, 2.45) is 22.2 Å². The quantitative estimate of drug-likeness (QED) is 0.134. The molecule has 0 aromatic rings. The lowest BCUT2D eigenvalue weighted by atomic mass is 9.88. The largest absolute Gasteiger partial charge is 0.480 e. The maximum Gasteiger partial charge on any atom is 0.323 e. The zero-order chi connectivity index (χ0) is 21.1. The van der Waals surface area contributed by atoms with E-state index in [0.717, 1.165) is 12.8 Å². The highest BCUT2D eigenvalue weighted by atomic mass is 16.4. The highest BCUT2D eigenvalue weighted by molar-refractivity contribution is 5.78. The number of carbonyl (C=O) groups is 1. The van der Waals surface area contributed by atoms with E-state index in [1.165, 1.54) is 77.0 Å². The van der Waals surface area contributed by atoms with Gasteiger partial charge in [-0.15, -0.1) is 0 Å². The number of nitrogens with two attached hydrogens (primary N) is 3. The molecule has 0 aliphatic carbocycles. The Morgan fingerprint density at radius 3 is 1.54 bits per heavy atom. The lowest BCUT2D eigenvalue weighted by Crippen LogP contribution is -2.48. The van der Waals surface area contributed by atoms with E-state index in [0.29, 0.717) is 25.8 Å². The van der Waals surface area contributed by atoms with Gasteiger partial charge in [-0.3, -0.25) is 9.79 Å². The van der Waals surface area contributed by atoms with E-state index in [2.05, 4.69) is 11.9 Å². The molecule has 0 bridgehead atoms. The predicted octanol–water partition coefficient (Wildman–Crippen LogP) is 4.69. The van der Waals surface area contributed by atoms with Crippen molar-refractivity contribution in [1.82, 2.24) is 0 Å². The topological polar surface area (TPSA) is 128 Å². The van der Waals surface area contributed by atoms with Crippen LogP contribution in [-0.4, -0.2) is 29.1 Å². The Bertz CT molecular complexity index is 411. The number of nitrogens with zero attached hydrogens (tertiary/aromatic N) is 1. The lowest BCUT2D eigenvalue weighted by molar-refractivity contribution is -0.144. The number of carboxylic acids is 1. The van der Waals surface area contributed by atoms with E-state index in [1.54, 1.807) is 0 Å². The first-order valence-electron chi connectivity index (χ1n) is 11.5. The maximum atomic E-state index is 11.5. The summed E-state index contributed by atoms with van der Waals surface area (Å²) in [5.74, 6) is -0.892. The minimum absolute atomic E-state index is 0.0323. The van der Waals surface area contributed by atoms with Crippen LogP contribution in [0.5, 0.6) is 0 Å². The SMILES string of the molecule is CCCCCCCCCCCCCCCC[C@](N)(CCCN=C(N)N)C(=O)O. The second-order valence-electron chi connectivity index (χ2n) is 8.22. The lowest BCUT2D eigenvalue weighted by Gasteiger charge is -2.24. The van der Waals surface area contributed by atoms with Crippen molar-refractivity contribution in [1.29, 1.82) is 0 Å². The van der Waals surface area contributed by atoms with E-state index in [9.17, 15) is 9.90 Å². The molecule has 0 rings (SSSR count). The summed E-state index contributed by atoms with van der Waals surface area (Å²) in [4.78, 5) is 15.4. The molecule has 1 atom stereocenters. The number of aliphatic carboxylic acids is 1. The molecule has 6 heteroatoms. The van der Waals surface area contributed by atoms with E-state index >= 15 is 0 Å². The smallest absolute Gasteiger partial charge is 0.323 e. The Labute approximate surface area is 172 Å². The Hall–Kier alpha value is -1.30. The van der Waals surface area contributed by atoms with Crippen molar-refractivity contribution >= 4 is 11.9 Å². The van der Waals surface area contributed by atoms with Crippen LogP contribution in [0.3, 0.4) is 0 Å². The summed E-state index contributed by atoms with van der Waals surface area (Å²) in [5.41, 5.74) is 15.5. The standard InChI is InChI=1S/C22H46N4O2/c1-2-3-4-5-6-7-8-9-10-11-12-13-14-15-17-22(25,20(27)28)18-16-19-26-21(23)24/h2-19,25H2,1H3,(H,27,28)(H4,23,24,26)/t22-/m0/s1. The van der Waals surface area contributed by atoms with Crippen LogP contribution >= 0.6 is 0 Å². The van der Waals surface area contributed by atoms with Gasteiger partial charge in [0.05, 0.1) is 0 Å². The van der Waals surface area contributed by atoms with Crippen LogP contribution in [0.2, 0.25) is 0 Å². The molecule has 0 heterocycles. The summed E-state index contributed by atoms with van der Waals surface area (Å²) < 4.78 is 0. The third kappa shape index (κ3) is 15.7. The Morgan fingerprint density at radius 1 is 0.750 bits per heavy atom. The fourth-order valence-corrected chi connectivity index (χ4v) is 3.58. The van der Waals surface area contributed by atoms with Crippen molar-refractivity contribution in [2.75, 3.05) is 6.54 Å². The van der Waals surface area contributed by atoms with E-state index in [4.69, 9.17) is 17.2 Å². The normalized spacial score (nSPS) is 13.2. The van der Waals surface area contributed by atoms with Gasteiger partial charge in [0, 0.05) is 6.54 Å². The van der Waals surface area contributed by atoms with Gasteiger partial charge in [0.1, 0.15) is 5.54 Å². The molecule has 0 fully saturated rings. The Kier molecular flexibility index (Phi) is 16.9. The number of rotatable bonds is 20. The predicted molar refractivity (Wildman–Crippen MR) is 119 cm³/mol. The third-order valence-corrected chi connectivity index (χ3v) is 5.48. The minimum Gasteiger partial charge on any atom is -0.480 e. The minimum atomic E-state index is -1.16. The molecular formula is C22H46N4O2. The number of guanidine groups is 1. The number of unbranched alkanes of at least 4 members (excludes halogenated alkanes) is 13. The molecule has 0 radical (unpaired) electrons. The first-order valence-corrected chi connectivity index (χ1v) is 11.5. The summed E-state index contributed by atoms with van der Waals surface area (Å²) in [6, 6.07) is 0. The van der Waals surface area contributed by atoms with E-state index in [-0.39, 0.29) is 5.96 Å². The maximum absolute atomic E-state index is 11.5. The average molecular weight is 399 g/mol. The van der Waals surface area contributed by atoms with Crippen LogP contribution in [0.1, 0.15) is 116 Å². The van der Waals surface area contributed by atoms with Crippen molar-refractivity contribution in [2.45, 2.75) is 122 Å². The zero-order valence-corrected chi connectivity index (χ0v) is 18.3. The highest BCUT2D eigenvalue weighted by Gasteiger charge is 2.32. The molecule has 166 valence electrons. The van der Waals surface area contributed by atoms with Crippen molar-refractivity contribution in [3.63, 3.8) is 0 Å². The van der Waals surface area contributed by atoms with Gasteiger partial charge in [-0.2, -0.15) is 0 Å².